The molecule has 2 aliphatic heterocycles. The Morgan fingerprint density at radius 1 is 0.757 bits per heavy atom. The summed E-state index contributed by atoms with van der Waals surface area (Å²) >= 11 is 12.8. The molecule has 202 valence electrons. The molecule has 3 aliphatic rings. The van der Waals surface area contributed by atoms with E-state index in [1.807, 2.05) is 12.2 Å². The van der Waals surface area contributed by atoms with E-state index in [-0.39, 0.29) is 37.4 Å². The molecule has 4 atom stereocenters. The minimum Gasteiger partial charge on any atom is -0.471 e. The maximum Gasteiger partial charge on any atom is 0.330 e. The standard InChI is InChI=1S/C27H34O6S4/c28-24(30-16-22-18-36-26(34)32-22)11-7-3-1-5-9-20-13-14-21(15-20)10-6-2-4-8-12-25(29)31-17-23-19-37-27(35)33-23/h5-12,20-23H,1-4,13-19H2/b9-5+,10-6+,11-7+,12-8+. The number of esters is 2. The molecule has 3 rings (SSSR count). The predicted molar refractivity (Wildman–Crippen MR) is 158 cm³/mol. The number of hydrogen-bond acceptors (Lipinski definition) is 10. The fraction of sp³-hybridized carbons (Fsp3) is 0.556. The molecule has 0 bridgehead atoms. The van der Waals surface area contributed by atoms with Gasteiger partial charge in [-0.3, -0.25) is 0 Å². The summed E-state index contributed by atoms with van der Waals surface area (Å²) in [5.74, 6) is 2.03. The topological polar surface area (TPSA) is 71.1 Å². The lowest BCUT2D eigenvalue weighted by molar-refractivity contribution is -0.140. The van der Waals surface area contributed by atoms with Crippen LogP contribution in [0.1, 0.15) is 44.9 Å². The van der Waals surface area contributed by atoms with Crippen LogP contribution in [0.2, 0.25) is 0 Å². The van der Waals surface area contributed by atoms with Crippen LogP contribution in [0.4, 0.5) is 0 Å². The van der Waals surface area contributed by atoms with Crippen molar-refractivity contribution in [1.82, 2.24) is 0 Å². The van der Waals surface area contributed by atoms with Gasteiger partial charge in [0, 0.05) is 23.7 Å². The molecule has 2 heterocycles. The van der Waals surface area contributed by atoms with E-state index < -0.39 is 0 Å². The Labute approximate surface area is 238 Å². The van der Waals surface area contributed by atoms with Crippen LogP contribution < -0.4 is 0 Å². The molecule has 0 spiro atoms. The number of carbonyl (C=O) groups excluding carboxylic acids is 2. The van der Waals surface area contributed by atoms with E-state index in [4.69, 9.17) is 43.4 Å². The quantitative estimate of drug-likeness (QED) is 0.0788. The monoisotopic (exact) mass is 582 g/mol. The molecule has 0 aromatic heterocycles. The van der Waals surface area contributed by atoms with Crippen molar-refractivity contribution in [2.75, 3.05) is 24.7 Å². The average Bonchev–Trinajstić information content (AvgIpc) is 3.62. The molecule has 10 heteroatoms. The molecule has 1 saturated carbocycles. The number of thioether (sulfide) groups is 2. The first-order valence-corrected chi connectivity index (χ1v) is 15.4. The minimum absolute atomic E-state index is 0.127. The molecule has 3 fully saturated rings. The highest BCUT2D eigenvalue weighted by molar-refractivity contribution is 8.23. The SMILES string of the molecule is O=C(/C=C/CC/C=C/C1CCC(/C=C/CC/C=C/C(=O)OCC2CSC(=S)O2)C1)OCC1CSC(=S)O1. The molecule has 2 saturated heterocycles. The number of carbonyl (C=O) groups is 2. The fourth-order valence-corrected chi connectivity index (χ4v) is 6.13. The van der Waals surface area contributed by atoms with Crippen LogP contribution in [0, 0.1) is 11.8 Å². The van der Waals surface area contributed by atoms with Gasteiger partial charge in [-0.25, -0.2) is 9.59 Å². The van der Waals surface area contributed by atoms with Crippen LogP contribution in [-0.2, 0) is 28.5 Å². The number of rotatable bonds is 14. The summed E-state index contributed by atoms with van der Waals surface area (Å²) in [6.07, 6.45) is 22.5. The highest BCUT2D eigenvalue weighted by Gasteiger charge is 2.23. The summed E-state index contributed by atoms with van der Waals surface area (Å²) < 4.78 is 22.1. The normalized spacial score (nSPS) is 26.1. The lowest BCUT2D eigenvalue weighted by Gasteiger charge is -2.08. The van der Waals surface area contributed by atoms with Gasteiger partial charge in [0.2, 0.25) is 8.77 Å². The van der Waals surface area contributed by atoms with Gasteiger partial charge >= 0.3 is 11.9 Å². The Hall–Kier alpha value is -1.62. The van der Waals surface area contributed by atoms with Crippen molar-refractivity contribution < 1.29 is 28.5 Å². The van der Waals surface area contributed by atoms with Gasteiger partial charge in [-0.2, -0.15) is 0 Å². The number of ether oxygens (including phenoxy) is 4. The summed E-state index contributed by atoms with van der Waals surface area (Å²) in [6, 6.07) is 0. The average molecular weight is 583 g/mol. The largest absolute Gasteiger partial charge is 0.471 e. The summed E-state index contributed by atoms with van der Waals surface area (Å²) in [5.41, 5.74) is 0. The molecular formula is C27H34O6S4. The zero-order valence-electron chi connectivity index (χ0n) is 20.8. The van der Waals surface area contributed by atoms with E-state index in [1.54, 1.807) is 0 Å². The van der Waals surface area contributed by atoms with Gasteiger partial charge in [-0.15, -0.1) is 0 Å². The van der Waals surface area contributed by atoms with Gasteiger partial charge in [-0.1, -0.05) is 60.0 Å². The van der Waals surface area contributed by atoms with Crippen molar-refractivity contribution in [1.29, 1.82) is 0 Å². The van der Waals surface area contributed by atoms with Crippen LogP contribution in [0.5, 0.6) is 0 Å². The van der Waals surface area contributed by atoms with E-state index in [9.17, 15) is 9.59 Å². The summed E-state index contributed by atoms with van der Waals surface area (Å²) in [6.45, 7) is 0.482. The first kappa shape index (κ1) is 29.9. The molecule has 0 aromatic rings. The third kappa shape index (κ3) is 12.7. The molecule has 0 aromatic carbocycles. The van der Waals surface area contributed by atoms with E-state index >= 15 is 0 Å². The summed E-state index contributed by atoms with van der Waals surface area (Å²) in [5, 5.41) is 0. The van der Waals surface area contributed by atoms with Crippen molar-refractivity contribution in [3.8, 4) is 0 Å². The van der Waals surface area contributed by atoms with Crippen LogP contribution in [0.3, 0.4) is 0 Å². The van der Waals surface area contributed by atoms with Crippen molar-refractivity contribution in [3.05, 3.63) is 48.6 Å². The van der Waals surface area contributed by atoms with Gasteiger partial charge in [0.25, 0.3) is 0 Å². The number of hydrogen-bond donors (Lipinski definition) is 0. The molecule has 4 unspecified atom stereocenters. The number of thiocarbonyl (C=S) groups is 2. The van der Waals surface area contributed by atoms with Crippen molar-refractivity contribution in [2.24, 2.45) is 11.8 Å². The van der Waals surface area contributed by atoms with Gasteiger partial charge < -0.3 is 18.9 Å². The van der Waals surface area contributed by atoms with Crippen molar-refractivity contribution in [2.45, 2.75) is 57.2 Å². The molecule has 37 heavy (non-hydrogen) atoms. The molecule has 0 N–H and O–H groups in total. The van der Waals surface area contributed by atoms with Gasteiger partial charge in [0.1, 0.15) is 25.4 Å². The summed E-state index contributed by atoms with van der Waals surface area (Å²) in [7, 11) is 0. The lowest BCUT2D eigenvalue weighted by Crippen LogP contribution is -2.19. The Kier molecular flexibility index (Phi) is 13.8. The third-order valence-corrected chi connectivity index (χ3v) is 8.60. The maximum atomic E-state index is 11.8. The second kappa shape index (κ2) is 17.1. The third-order valence-electron chi connectivity index (χ3n) is 5.96. The fourth-order valence-electron chi connectivity index (χ4n) is 4.06. The van der Waals surface area contributed by atoms with Crippen LogP contribution >= 0.6 is 48.0 Å². The van der Waals surface area contributed by atoms with Gasteiger partial charge in [0.15, 0.2) is 0 Å². The first-order valence-electron chi connectivity index (χ1n) is 12.6. The molecule has 6 nitrogen and oxygen atoms in total. The second-order valence-electron chi connectivity index (χ2n) is 9.01. The van der Waals surface area contributed by atoms with E-state index in [2.05, 4.69) is 24.3 Å². The zero-order chi connectivity index (χ0) is 26.3. The Bertz CT molecular complexity index is 841. The smallest absolute Gasteiger partial charge is 0.330 e. The van der Waals surface area contributed by atoms with Crippen LogP contribution in [0.25, 0.3) is 0 Å². The van der Waals surface area contributed by atoms with E-state index in [1.165, 1.54) is 54.9 Å². The lowest BCUT2D eigenvalue weighted by atomic mass is 10.0. The Balaban J connectivity index is 1.17. The van der Waals surface area contributed by atoms with Crippen LogP contribution in [-0.4, -0.2) is 57.6 Å². The molecular weight excluding hydrogens is 549 g/mol. The van der Waals surface area contributed by atoms with Crippen molar-refractivity contribution in [3.63, 3.8) is 0 Å². The number of unbranched alkanes of at least 4 members (excludes halogenated alkanes) is 2. The second-order valence-corrected chi connectivity index (χ2v) is 12.3. The molecule has 0 amide bonds. The predicted octanol–water partition coefficient (Wildman–Crippen LogP) is 6.11. The van der Waals surface area contributed by atoms with Crippen LogP contribution in [0.15, 0.2) is 48.6 Å². The molecule has 0 radical (unpaired) electrons. The van der Waals surface area contributed by atoms with Gasteiger partial charge in [0.05, 0.1) is 0 Å². The maximum absolute atomic E-state index is 11.8. The highest BCUT2D eigenvalue weighted by atomic mass is 32.2. The van der Waals surface area contributed by atoms with E-state index in [0.29, 0.717) is 20.6 Å². The van der Waals surface area contributed by atoms with E-state index in [0.717, 1.165) is 37.2 Å². The minimum atomic E-state index is -0.338. The summed E-state index contributed by atoms with van der Waals surface area (Å²) in [4.78, 5) is 23.5. The first-order chi connectivity index (χ1) is 18.0. The van der Waals surface area contributed by atoms with Gasteiger partial charge in [-0.05, 0) is 81.2 Å². The highest BCUT2D eigenvalue weighted by Crippen LogP contribution is 2.33. The number of allylic oxidation sites excluding steroid dienone is 6. The van der Waals surface area contributed by atoms with Crippen molar-refractivity contribution >= 4 is 68.7 Å². The Morgan fingerprint density at radius 3 is 1.59 bits per heavy atom. The molecule has 1 aliphatic carbocycles. The zero-order valence-corrected chi connectivity index (χ0v) is 24.1. The Morgan fingerprint density at radius 2 is 1.19 bits per heavy atom.